The van der Waals surface area contributed by atoms with Gasteiger partial charge in [0.25, 0.3) is 0 Å². The molecule has 2 aliphatic carbocycles. The molecule has 2 bridgehead atoms. The van der Waals surface area contributed by atoms with E-state index in [4.69, 9.17) is 18.0 Å². The van der Waals surface area contributed by atoms with Crippen LogP contribution < -0.4 is 11.1 Å². The summed E-state index contributed by atoms with van der Waals surface area (Å²) in [5.41, 5.74) is 5.35. The highest BCUT2D eigenvalue weighted by Gasteiger charge is 2.44. The summed E-state index contributed by atoms with van der Waals surface area (Å²) in [7, 11) is 0. The first-order valence-corrected chi connectivity index (χ1v) is 7.55. The minimum Gasteiger partial charge on any atom is -0.391 e. The van der Waals surface area contributed by atoms with Crippen LogP contribution in [0.3, 0.4) is 0 Å². The maximum absolute atomic E-state index is 12.4. The summed E-state index contributed by atoms with van der Waals surface area (Å²) >= 11 is 5.15. The van der Waals surface area contributed by atoms with Crippen LogP contribution in [0.25, 0.3) is 0 Å². The molecule has 0 aromatic rings. The van der Waals surface area contributed by atoms with E-state index in [9.17, 15) is 4.79 Å². The Balaban J connectivity index is 2.03. The predicted molar refractivity (Wildman–Crippen MR) is 77.2 cm³/mol. The average molecular weight is 268 g/mol. The lowest BCUT2D eigenvalue weighted by atomic mass is 9.86. The Hall–Kier alpha value is -0.640. The number of thiocarbonyl (C=S) groups is 1. The molecule has 1 amide bonds. The van der Waals surface area contributed by atoms with Crippen molar-refractivity contribution in [2.75, 3.05) is 0 Å². The molecule has 0 aliphatic heterocycles. The largest absolute Gasteiger partial charge is 0.391 e. The van der Waals surface area contributed by atoms with Crippen LogP contribution in [0.5, 0.6) is 0 Å². The Morgan fingerprint density at radius 1 is 1.33 bits per heavy atom. The first-order valence-electron chi connectivity index (χ1n) is 7.14. The van der Waals surface area contributed by atoms with Gasteiger partial charge >= 0.3 is 0 Å². The van der Waals surface area contributed by atoms with E-state index in [1.807, 2.05) is 13.8 Å². The van der Waals surface area contributed by atoms with Gasteiger partial charge in [0.15, 0.2) is 0 Å². The third kappa shape index (κ3) is 2.27. The van der Waals surface area contributed by atoms with E-state index in [1.165, 1.54) is 19.3 Å². The summed E-state index contributed by atoms with van der Waals surface area (Å²) in [5.74, 6) is 1.77. The highest BCUT2D eigenvalue weighted by molar-refractivity contribution is 7.80. The van der Waals surface area contributed by atoms with Gasteiger partial charge in [-0.25, -0.2) is 0 Å². The van der Waals surface area contributed by atoms with Crippen molar-refractivity contribution >= 4 is 23.1 Å². The maximum Gasteiger partial charge on any atom is 0.224 e. The van der Waals surface area contributed by atoms with Crippen molar-refractivity contribution in [1.82, 2.24) is 5.32 Å². The highest BCUT2D eigenvalue weighted by atomic mass is 32.1. The molecule has 3 unspecified atom stereocenters. The van der Waals surface area contributed by atoms with E-state index >= 15 is 0 Å². The zero-order valence-electron chi connectivity index (χ0n) is 11.4. The summed E-state index contributed by atoms with van der Waals surface area (Å²) in [6.45, 7) is 4.06. The van der Waals surface area contributed by atoms with Gasteiger partial charge in [-0.3, -0.25) is 4.79 Å². The van der Waals surface area contributed by atoms with Crippen molar-refractivity contribution in [3.05, 3.63) is 0 Å². The molecule has 0 heterocycles. The topological polar surface area (TPSA) is 55.1 Å². The molecule has 3 N–H and O–H groups in total. The second-order valence-electron chi connectivity index (χ2n) is 5.92. The van der Waals surface area contributed by atoms with E-state index < -0.39 is 5.54 Å². The molecule has 2 fully saturated rings. The summed E-state index contributed by atoms with van der Waals surface area (Å²) in [6, 6.07) is 0. The van der Waals surface area contributed by atoms with Gasteiger partial charge in [-0.1, -0.05) is 32.5 Å². The normalized spacial score (nSPS) is 30.4. The fourth-order valence-corrected chi connectivity index (χ4v) is 4.07. The summed E-state index contributed by atoms with van der Waals surface area (Å²) < 4.78 is 0. The molecule has 2 aliphatic rings. The number of carbonyl (C=O) groups excluding carboxylic acids is 1. The van der Waals surface area contributed by atoms with Crippen LogP contribution in [-0.4, -0.2) is 16.4 Å². The van der Waals surface area contributed by atoms with Crippen LogP contribution in [0.4, 0.5) is 0 Å². The highest BCUT2D eigenvalue weighted by Crippen LogP contribution is 2.48. The van der Waals surface area contributed by atoms with Crippen molar-refractivity contribution < 1.29 is 4.79 Å². The fourth-order valence-electron chi connectivity index (χ4n) is 3.73. The monoisotopic (exact) mass is 268 g/mol. The minimum atomic E-state index is -0.478. The molecule has 0 aromatic heterocycles. The van der Waals surface area contributed by atoms with Crippen molar-refractivity contribution in [3.63, 3.8) is 0 Å². The first kappa shape index (κ1) is 13.8. The van der Waals surface area contributed by atoms with Crippen LogP contribution in [-0.2, 0) is 4.79 Å². The molecule has 3 atom stereocenters. The van der Waals surface area contributed by atoms with Crippen LogP contribution in [0.1, 0.15) is 52.4 Å². The Morgan fingerprint density at radius 3 is 2.39 bits per heavy atom. The zero-order valence-corrected chi connectivity index (χ0v) is 12.2. The standard InChI is InChI=1S/C14H24N2OS/c1-3-14(4-2,13(15)18)16-12(17)11-8-9-5-6-10(11)7-9/h9-11H,3-8H2,1-2H3,(H2,15,18)(H,16,17). The third-order valence-corrected chi connectivity index (χ3v) is 5.51. The van der Waals surface area contributed by atoms with E-state index in [-0.39, 0.29) is 11.8 Å². The molecule has 2 saturated carbocycles. The van der Waals surface area contributed by atoms with Crippen molar-refractivity contribution in [2.24, 2.45) is 23.5 Å². The van der Waals surface area contributed by atoms with E-state index in [0.29, 0.717) is 10.9 Å². The number of fused-ring (bicyclic) bond motifs is 2. The van der Waals surface area contributed by atoms with Crippen molar-refractivity contribution in [2.45, 2.75) is 57.9 Å². The smallest absolute Gasteiger partial charge is 0.224 e. The fraction of sp³-hybridized carbons (Fsp3) is 0.857. The van der Waals surface area contributed by atoms with Crippen LogP contribution in [0.15, 0.2) is 0 Å². The number of hydrogen-bond donors (Lipinski definition) is 2. The zero-order chi connectivity index (χ0) is 13.3. The van der Waals surface area contributed by atoms with Crippen LogP contribution in [0.2, 0.25) is 0 Å². The molecule has 0 spiro atoms. The van der Waals surface area contributed by atoms with E-state index in [2.05, 4.69) is 5.32 Å². The lowest BCUT2D eigenvalue weighted by Crippen LogP contribution is -2.57. The van der Waals surface area contributed by atoms with Gasteiger partial charge in [-0.15, -0.1) is 0 Å². The molecular formula is C14H24N2OS. The van der Waals surface area contributed by atoms with Crippen molar-refractivity contribution in [3.8, 4) is 0 Å². The molecule has 0 radical (unpaired) electrons. The summed E-state index contributed by atoms with van der Waals surface area (Å²) in [6.07, 6.45) is 6.39. The lowest BCUT2D eigenvalue weighted by molar-refractivity contribution is -0.127. The second kappa shape index (κ2) is 5.16. The Labute approximate surface area is 115 Å². The number of hydrogen-bond acceptors (Lipinski definition) is 2. The average Bonchev–Trinajstić information content (AvgIpc) is 2.97. The number of carbonyl (C=O) groups is 1. The molecule has 0 aromatic carbocycles. The molecule has 2 rings (SSSR count). The number of nitrogens with two attached hydrogens (primary N) is 1. The Kier molecular flexibility index (Phi) is 3.95. The summed E-state index contributed by atoms with van der Waals surface area (Å²) in [5, 5.41) is 3.15. The molecule has 4 heteroatoms. The SMILES string of the molecule is CCC(CC)(NC(=O)C1CC2CCC1C2)C(N)=S. The lowest BCUT2D eigenvalue weighted by Gasteiger charge is -2.34. The minimum absolute atomic E-state index is 0.179. The summed E-state index contributed by atoms with van der Waals surface area (Å²) in [4.78, 5) is 12.9. The van der Waals surface area contributed by atoms with Gasteiger partial charge in [-0.2, -0.15) is 0 Å². The number of amides is 1. The molecule has 102 valence electrons. The molecule has 0 saturated heterocycles. The van der Waals surface area contributed by atoms with Crippen LogP contribution >= 0.6 is 12.2 Å². The van der Waals surface area contributed by atoms with E-state index in [0.717, 1.165) is 25.2 Å². The van der Waals surface area contributed by atoms with Gasteiger partial charge in [0.2, 0.25) is 5.91 Å². The Morgan fingerprint density at radius 2 is 2.00 bits per heavy atom. The predicted octanol–water partition coefficient (Wildman–Crippen LogP) is 2.38. The third-order valence-electron chi connectivity index (χ3n) is 5.12. The number of rotatable bonds is 5. The Bertz CT molecular complexity index is 352. The quantitative estimate of drug-likeness (QED) is 0.753. The maximum atomic E-state index is 12.4. The van der Waals surface area contributed by atoms with E-state index in [1.54, 1.807) is 0 Å². The first-order chi connectivity index (χ1) is 8.52. The van der Waals surface area contributed by atoms with Crippen molar-refractivity contribution in [1.29, 1.82) is 0 Å². The van der Waals surface area contributed by atoms with Gasteiger partial charge in [-0.05, 0) is 43.9 Å². The number of nitrogens with one attached hydrogen (secondary N) is 1. The molecular weight excluding hydrogens is 244 g/mol. The van der Waals surface area contributed by atoms with Gasteiger partial charge < -0.3 is 11.1 Å². The van der Waals surface area contributed by atoms with Gasteiger partial charge in [0.1, 0.15) is 0 Å². The van der Waals surface area contributed by atoms with Gasteiger partial charge in [0.05, 0.1) is 10.5 Å². The molecule has 3 nitrogen and oxygen atoms in total. The second-order valence-corrected chi connectivity index (χ2v) is 6.36. The van der Waals surface area contributed by atoms with Gasteiger partial charge in [0, 0.05) is 5.92 Å². The molecule has 18 heavy (non-hydrogen) atoms. The van der Waals surface area contributed by atoms with Crippen LogP contribution in [0, 0.1) is 17.8 Å².